The molecular formula is C22H28N2O3. The Morgan fingerprint density at radius 2 is 2.11 bits per heavy atom. The van der Waals surface area contributed by atoms with Gasteiger partial charge in [0, 0.05) is 17.2 Å². The van der Waals surface area contributed by atoms with Crippen molar-refractivity contribution in [1.29, 1.82) is 0 Å². The molecule has 1 saturated carbocycles. The fourth-order valence-electron chi connectivity index (χ4n) is 5.01. The summed E-state index contributed by atoms with van der Waals surface area (Å²) in [6, 6.07) is 6.18. The lowest BCUT2D eigenvalue weighted by molar-refractivity contribution is 0.0864. The third kappa shape index (κ3) is 3.47. The molecule has 144 valence electrons. The zero-order valence-electron chi connectivity index (χ0n) is 16.6. The van der Waals surface area contributed by atoms with Crippen molar-refractivity contribution in [2.75, 3.05) is 7.11 Å². The summed E-state index contributed by atoms with van der Waals surface area (Å²) in [5, 5.41) is 7.36. The van der Waals surface area contributed by atoms with Gasteiger partial charge in [0.15, 0.2) is 11.5 Å². The van der Waals surface area contributed by atoms with E-state index in [1.54, 1.807) is 7.11 Å². The third-order valence-corrected chi connectivity index (χ3v) is 5.93. The van der Waals surface area contributed by atoms with E-state index in [9.17, 15) is 4.79 Å². The number of methoxy groups -OCH3 is 1. The van der Waals surface area contributed by atoms with Gasteiger partial charge in [0.25, 0.3) is 5.91 Å². The van der Waals surface area contributed by atoms with Crippen molar-refractivity contribution >= 4 is 5.91 Å². The number of aryl methyl sites for hydroxylation is 1. The van der Waals surface area contributed by atoms with E-state index >= 15 is 0 Å². The predicted octanol–water partition coefficient (Wildman–Crippen LogP) is 4.39. The Labute approximate surface area is 160 Å². The number of carbonyl (C=O) groups excluding carboxylic acids is 1. The molecule has 2 aromatic rings. The van der Waals surface area contributed by atoms with Gasteiger partial charge in [-0.2, -0.15) is 0 Å². The number of aromatic nitrogens is 1. The monoisotopic (exact) mass is 368 g/mol. The van der Waals surface area contributed by atoms with Gasteiger partial charge in [0.1, 0.15) is 5.75 Å². The topological polar surface area (TPSA) is 64.4 Å². The molecule has 0 aliphatic heterocycles. The molecule has 1 aromatic heterocycles. The fraction of sp³-hybridized carbons (Fsp3) is 0.545. The molecule has 2 aliphatic rings. The molecule has 0 unspecified atom stereocenters. The maximum atomic E-state index is 12.9. The van der Waals surface area contributed by atoms with Gasteiger partial charge < -0.3 is 14.6 Å². The molecular weight excluding hydrogens is 340 g/mol. The van der Waals surface area contributed by atoms with Gasteiger partial charge in [-0.05, 0) is 61.1 Å². The molecule has 2 aliphatic carbocycles. The molecule has 2 atom stereocenters. The molecule has 5 heteroatoms. The van der Waals surface area contributed by atoms with Crippen LogP contribution in [0.1, 0.15) is 61.6 Å². The molecule has 1 N–H and O–H groups in total. The van der Waals surface area contributed by atoms with Crippen molar-refractivity contribution in [3.05, 3.63) is 35.0 Å². The number of nitrogens with zero attached hydrogens (tertiary/aromatic N) is 1. The van der Waals surface area contributed by atoms with E-state index in [0.717, 1.165) is 42.6 Å². The number of hydrogen-bond donors (Lipinski definition) is 1. The molecule has 1 amide bonds. The Morgan fingerprint density at radius 3 is 2.85 bits per heavy atom. The number of nitrogens with one attached hydrogen (secondary N) is 1. The van der Waals surface area contributed by atoms with Crippen molar-refractivity contribution in [3.8, 4) is 17.1 Å². The van der Waals surface area contributed by atoms with Crippen molar-refractivity contribution in [2.45, 2.75) is 58.9 Å². The predicted molar refractivity (Wildman–Crippen MR) is 104 cm³/mol. The van der Waals surface area contributed by atoms with Crippen LogP contribution in [0.3, 0.4) is 0 Å². The Hall–Kier alpha value is -2.30. The fourth-order valence-corrected chi connectivity index (χ4v) is 5.01. The summed E-state index contributed by atoms with van der Waals surface area (Å²) < 4.78 is 11.0. The van der Waals surface area contributed by atoms with Gasteiger partial charge in [-0.15, -0.1) is 0 Å². The summed E-state index contributed by atoms with van der Waals surface area (Å²) in [7, 11) is 1.65. The van der Waals surface area contributed by atoms with Gasteiger partial charge in [-0.1, -0.05) is 32.0 Å². The molecule has 5 nitrogen and oxygen atoms in total. The van der Waals surface area contributed by atoms with Crippen LogP contribution in [0.5, 0.6) is 5.75 Å². The summed E-state index contributed by atoms with van der Waals surface area (Å²) in [5.74, 6) is 1.99. The summed E-state index contributed by atoms with van der Waals surface area (Å²) in [6.07, 6.45) is 4.88. The van der Waals surface area contributed by atoms with E-state index in [4.69, 9.17) is 9.26 Å². The molecule has 0 saturated heterocycles. The molecule has 1 heterocycles. The van der Waals surface area contributed by atoms with Crippen LogP contribution in [-0.2, 0) is 12.8 Å². The second-order valence-corrected chi connectivity index (χ2v) is 8.95. The van der Waals surface area contributed by atoms with E-state index in [1.807, 2.05) is 12.1 Å². The van der Waals surface area contributed by atoms with Crippen molar-refractivity contribution in [3.63, 3.8) is 0 Å². The van der Waals surface area contributed by atoms with Crippen LogP contribution in [0.25, 0.3) is 11.3 Å². The highest BCUT2D eigenvalue weighted by Gasteiger charge is 2.34. The van der Waals surface area contributed by atoms with Gasteiger partial charge in [-0.25, -0.2) is 0 Å². The molecule has 27 heavy (non-hydrogen) atoms. The molecule has 0 bridgehead atoms. The molecule has 1 aromatic carbocycles. The lowest BCUT2D eigenvalue weighted by atomic mass is 9.70. The number of fused-ring (bicyclic) bond motifs is 3. The van der Waals surface area contributed by atoms with Gasteiger partial charge in [0.2, 0.25) is 0 Å². The van der Waals surface area contributed by atoms with Crippen LogP contribution < -0.4 is 10.1 Å². The summed E-state index contributed by atoms with van der Waals surface area (Å²) in [6.45, 7) is 6.83. The molecule has 0 radical (unpaired) electrons. The Bertz CT molecular complexity index is 868. The van der Waals surface area contributed by atoms with E-state index in [-0.39, 0.29) is 17.4 Å². The first kappa shape index (κ1) is 18.1. The second-order valence-electron chi connectivity index (χ2n) is 8.95. The van der Waals surface area contributed by atoms with E-state index in [2.05, 4.69) is 37.3 Å². The molecule has 4 rings (SSSR count). The molecule has 1 fully saturated rings. The zero-order valence-corrected chi connectivity index (χ0v) is 16.6. The highest BCUT2D eigenvalue weighted by molar-refractivity contribution is 5.95. The SMILES string of the molecule is COc1ccc2c(c1)-c1onc(C(=O)N[C@@H]3C[C@H](C)CC(C)(C)C3)c1CC2. The smallest absolute Gasteiger partial charge is 0.273 e. The average molecular weight is 368 g/mol. The zero-order chi connectivity index (χ0) is 19.2. The number of benzene rings is 1. The van der Waals surface area contributed by atoms with Crippen LogP contribution in [0.15, 0.2) is 22.7 Å². The average Bonchev–Trinajstić information content (AvgIpc) is 3.04. The van der Waals surface area contributed by atoms with Crippen LogP contribution in [-0.4, -0.2) is 24.2 Å². The first-order valence-electron chi connectivity index (χ1n) is 9.83. The summed E-state index contributed by atoms with van der Waals surface area (Å²) in [5.41, 5.74) is 3.80. The standard InChI is InChI=1S/C22H28N2O3/c1-13-9-15(12-22(2,3)11-13)23-21(25)19-17-8-6-14-5-7-16(26-4)10-18(14)20(17)27-24-19/h5,7,10,13,15H,6,8-9,11-12H2,1-4H3,(H,23,25)/t13-,15+/m0/s1. The van der Waals surface area contributed by atoms with Crippen molar-refractivity contribution in [2.24, 2.45) is 11.3 Å². The maximum Gasteiger partial charge on any atom is 0.273 e. The number of ether oxygens (including phenoxy) is 1. The number of rotatable bonds is 3. The minimum absolute atomic E-state index is 0.110. The van der Waals surface area contributed by atoms with Gasteiger partial charge >= 0.3 is 0 Å². The van der Waals surface area contributed by atoms with Crippen LogP contribution in [0.4, 0.5) is 0 Å². The number of hydrogen-bond acceptors (Lipinski definition) is 4. The number of carbonyl (C=O) groups is 1. The highest BCUT2D eigenvalue weighted by Crippen LogP contribution is 2.39. The normalized spacial score (nSPS) is 23.3. The first-order chi connectivity index (χ1) is 12.9. The van der Waals surface area contributed by atoms with E-state index in [1.165, 1.54) is 12.0 Å². The first-order valence-corrected chi connectivity index (χ1v) is 9.83. The Kier molecular flexibility index (Phi) is 4.49. The van der Waals surface area contributed by atoms with Crippen LogP contribution in [0.2, 0.25) is 0 Å². The molecule has 0 spiro atoms. The summed E-state index contributed by atoms with van der Waals surface area (Å²) in [4.78, 5) is 12.9. The second kappa shape index (κ2) is 6.70. The van der Waals surface area contributed by atoms with Crippen molar-refractivity contribution in [1.82, 2.24) is 10.5 Å². The maximum absolute atomic E-state index is 12.9. The van der Waals surface area contributed by atoms with Crippen molar-refractivity contribution < 1.29 is 14.1 Å². The van der Waals surface area contributed by atoms with Gasteiger partial charge in [-0.3, -0.25) is 4.79 Å². The largest absolute Gasteiger partial charge is 0.497 e. The lowest BCUT2D eigenvalue weighted by Gasteiger charge is -2.39. The van der Waals surface area contributed by atoms with E-state index < -0.39 is 0 Å². The van der Waals surface area contributed by atoms with Crippen LogP contribution in [0, 0.1) is 11.3 Å². The van der Waals surface area contributed by atoms with Gasteiger partial charge in [0.05, 0.1) is 7.11 Å². The quantitative estimate of drug-likeness (QED) is 0.872. The lowest BCUT2D eigenvalue weighted by Crippen LogP contribution is -2.43. The minimum Gasteiger partial charge on any atom is -0.497 e. The van der Waals surface area contributed by atoms with E-state index in [0.29, 0.717) is 17.4 Å². The minimum atomic E-state index is -0.110. The van der Waals surface area contributed by atoms with Crippen LogP contribution >= 0.6 is 0 Å². The Balaban J connectivity index is 1.58. The Morgan fingerprint density at radius 1 is 1.30 bits per heavy atom. The highest BCUT2D eigenvalue weighted by atomic mass is 16.5. The third-order valence-electron chi connectivity index (χ3n) is 5.93. The number of amides is 1. The summed E-state index contributed by atoms with van der Waals surface area (Å²) >= 11 is 0.